The zero-order chi connectivity index (χ0) is 16.7. The van der Waals surface area contributed by atoms with Crippen molar-refractivity contribution in [2.24, 2.45) is 0 Å². The molecule has 4 nitrogen and oxygen atoms in total. The van der Waals surface area contributed by atoms with E-state index in [1.165, 1.54) is 37.8 Å². The zero-order valence-electron chi connectivity index (χ0n) is 13.0. The van der Waals surface area contributed by atoms with E-state index in [9.17, 15) is 9.59 Å². The molecular weight excluding hydrogens is 324 g/mol. The van der Waals surface area contributed by atoms with Gasteiger partial charge in [0.25, 0.3) is 0 Å². The molecule has 1 aromatic heterocycles. The van der Waals surface area contributed by atoms with E-state index in [0.29, 0.717) is 27.2 Å². The lowest BCUT2D eigenvalue weighted by Crippen LogP contribution is -2.05. The topological polar surface area (TPSA) is 67.5 Å². The summed E-state index contributed by atoms with van der Waals surface area (Å²) in [5.74, 6) is -1.05. The van der Waals surface area contributed by atoms with Gasteiger partial charge in [0.1, 0.15) is 5.58 Å². The quantitative estimate of drug-likeness (QED) is 0.701. The van der Waals surface area contributed by atoms with E-state index in [1.54, 1.807) is 23.9 Å². The van der Waals surface area contributed by atoms with Crippen molar-refractivity contribution in [1.82, 2.24) is 0 Å². The maximum atomic E-state index is 12.8. The molecule has 1 aliphatic rings. The summed E-state index contributed by atoms with van der Waals surface area (Å²) in [5.41, 5.74) is 0.945. The Labute approximate surface area is 142 Å². The van der Waals surface area contributed by atoms with Gasteiger partial charge in [-0.05, 0) is 43.2 Å². The molecule has 2 aromatic carbocycles. The molecule has 0 atom stereocenters. The number of benzene rings is 2. The highest BCUT2D eigenvalue weighted by molar-refractivity contribution is 8.00. The molecule has 0 aliphatic heterocycles. The van der Waals surface area contributed by atoms with Gasteiger partial charge in [-0.2, -0.15) is 0 Å². The lowest BCUT2D eigenvalue weighted by molar-refractivity contribution is 0.0697. The number of fused-ring (bicyclic) bond motifs is 2. The van der Waals surface area contributed by atoms with Gasteiger partial charge in [-0.3, -0.25) is 4.79 Å². The SMILES string of the molecule is O=C(O)c1ccc2oc3c(SC4CCCC4)cccc3c(=O)c2c1. The second-order valence-electron chi connectivity index (χ2n) is 6.10. The Morgan fingerprint density at radius 1 is 1.12 bits per heavy atom. The first-order valence-corrected chi connectivity index (χ1v) is 8.91. The van der Waals surface area contributed by atoms with Crippen LogP contribution in [0.25, 0.3) is 21.9 Å². The van der Waals surface area contributed by atoms with Crippen LogP contribution < -0.4 is 5.43 Å². The van der Waals surface area contributed by atoms with Crippen molar-refractivity contribution in [3.63, 3.8) is 0 Å². The van der Waals surface area contributed by atoms with E-state index in [4.69, 9.17) is 9.52 Å². The highest BCUT2D eigenvalue weighted by Crippen LogP contribution is 2.38. The number of para-hydroxylation sites is 1. The molecule has 0 radical (unpaired) electrons. The third-order valence-corrected chi connectivity index (χ3v) is 5.88. The van der Waals surface area contributed by atoms with Crippen molar-refractivity contribution < 1.29 is 14.3 Å². The van der Waals surface area contributed by atoms with Crippen molar-refractivity contribution in [3.05, 3.63) is 52.2 Å². The fourth-order valence-electron chi connectivity index (χ4n) is 3.26. The minimum atomic E-state index is -1.05. The molecule has 1 aliphatic carbocycles. The first-order valence-electron chi connectivity index (χ1n) is 8.03. The molecule has 5 heteroatoms. The van der Waals surface area contributed by atoms with Gasteiger partial charge in [0, 0.05) is 5.25 Å². The molecule has 0 bridgehead atoms. The fourth-order valence-corrected chi connectivity index (χ4v) is 4.61. The highest BCUT2D eigenvalue weighted by Gasteiger charge is 2.19. The molecule has 0 unspecified atom stereocenters. The maximum absolute atomic E-state index is 12.8. The van der Waals surface area contributed by atoms with Crippen molar-refractivity contribution in [1.29, 1.82) is 0 Å². The Morgan fingerprint density at radius 3 is 2.67 bits per heavy atom. The standard InChI is InChI=1S/C19H16O4S/c20-17-13-6-3-7-16(24-12-4-1-2-5-12)18(13)23-15-9-8-11(19(21)22)10-14(15)17/h3,6-10,12H,1-2,4-5H2,(H,21,22). The molecule has 1 saturated carbocycles. The van der Waals surface area contributed by atoms with Crippen LogP contribution in [-0.2, 0) is 0 Å². The Bertz CT molecular complexity index is 999. The minimum absolute atomic E-state index is 0.0886. The van der Waals surface area contributed by atoms with Crippen molar-refractivity contribution in [3.8, 4) is 0 Å². The monoisotopic (exact) mass is 340 g/mol. The number of carbonyl (C=O) groups is 1. The average molecular weight is 340 g/mol. The van der Waals surface area contributed by atoms with Crippen LogP contribution in [0.3, 0.4) is 0 Å². The van der Waals surface area contributed by atoms with Gasteiger partial charge in [0.05, 0.1) is 21.2 Å². The van der Waals surface area contributed by atoms with E-state index in [-0.39, 0.29) is 11.0 Å². The van der Waals surface area contributed by atoms with Crippen molar-refractivity contribution in [2.45, 2.75) is 35.8 Å². The van der Waals surface area contributed by atoms with E-state index >= 15 is 0 Å². The normalized spacial score (nSPS) is 15.3. The lowest BCUT2D eigenvalue weighted by Gasteiger charge is -2.11. The van der Waals surface area contributed by atoms with Gasteiger partial charge in [-0.25, -0.2) is 4.79 Å². The van der Waals surface area contributed by atoms with Crippen LogP contribution in [0.1, 0.15) is 36.0 Å². The molecule has 24 heavy (non-hydrogen) atoms. The second-order valence-corrected chi connectivity index (χ2v) is 7.45. The Hall–Kier alpha value is -2.27. The van der Waals surface area contributed by atoms with Crippen molar-refractivity contribution >= 4 is 39.7 Å². The molecule has 1 fully saturated rings. The number of rotatable bonds is 3. The van der Waals surface area contributed by atoms with Gasteiger partial charge >= 0.3 is 5.97 Å². The molecule has 0 spiro atoms. The molecule has 4 rings (SSSR count). The minimum Gasteiger partial charge on any atom is -0.478 e. The molecule has 0 saturated heterocycles. The summed E-state index contributed by atoms with van der Waals surface area (Å²) in [6.07, 6.45) is 4.90. The summed E-state index contributed by atoms with van der Waals surface area (Å²) in [7, 11) is 0. The predicted molar refractivity (Wildman–Crippen MR) is 95.1 cm³/mol. The lowest BCUT2D eigenvalue weighted by atomic mass is 10.1. The highest BCUT2D eigenvalue weighted by atomic mass is 32.2. The average Bonchev–Trinajstić information content (AvgIpc) is 3.08. The maximum Gasteiger partial charge on any atom is 0.335 e. The summed E-state index contributed by atoms with van der Waals surface area (Å²) in [5, 5.41) is 10.5. The van der Waals surface area contributed by atoms with Gasteiger partial charge in [0.15, 0.2) is 5.58 Å². The molecule has 122 valence electrons. The molecule has 3 aromatic rings. The Balaban J connectivity index is 1.91. The molecule has 1 N–H and O–H groups in total. The number of carboxylic acids is 1. The number of hydrogen-bond donors (Lipinski definition) is 1. The Kier molecular flexibility index (Phi) is 3.81. The van der Waals surface area contributed by atoms with Gasteiger partial charge in [-0.15, -0.1) is 11.8 Å². The van der Waals surface area contributed by atoms with Gasteiger partial charge in [0.2, 0.25) is 5.43 Å². The van der Waals surface area contributed by atoms with E-state index in [0.717, 1.165) is 4.90 Å². The summed E-state index contributed by atoms with van der Waals surface area (Å²) in [6, 6.07) is 10.0. The third-order valence-electron chi connectivity index (χ3n) is 4.50. The number of aromatic carboxylic acids is 1. The fraction of sp³-hybridized carbons (Fsp3) is 0.263. The number of thioether (sulfide) groups is 1. The molecular formula is C19H16O4S. The largest absolute Gasteiger partial charge is 0.478 e. The number of carboxylic acid groups (broad SMARTS) is 1. The smallest absolute Gasteiger partial charge is 0.335 e. The number of hydrogen-bond acceptors (Lipinski definition) is 4. The van der Waals surface area contributed by atoms with Crippen LogP contribution in [0.4, 0.5) is 0 Å². The third kappa shape index (κ3) is 2.59. The van der Waals surface area contributed by atoms with E-state index < -0.39 is 5.97 Å². The van der Waals surface area contributed by atoms with Gasteiger partial charge in [-0.1, -0.05) is 18.9 Å². The van der Waals surface area contributed by atoms with Crippen LogP contribution in [0.5, 0.6) is 0 Å². The van der Waals surface area contributed by atoms with Crippen LogP contribution in [0.15, 0.2) is 50.5 Å². The second kappa shape index (κ2) is 5.98. The predicted octanol–water partition coefficient (Wildman–Crippen LogP) is 4.68. The van der Waals surface area contributed by atoms with Crippen LogP contribution >= 0.6 is 11.8 Å². The van der Waals surface area contributed by atoms with Crippen molar-refractivity contribution in [2.75, 3.05) is 0 Å². The molecule has 1 heterocycles. The summed E-state index contributed by atoms with van der Waals surface area (Å²) < 4.78 is 5.99. The van der Waals surface area contributed by atoms with Gasteiger partial charge < -0.3 is 9.52 Å². The summed E-state index contributed by atoms with van der Waals surface area (Å²) >= 11 is 1.78. The van der Waals surface area contributed by atoms with Crippen LogP contribution in [-0.4, -0.2) is 16.3 Å². The summed E-state index contributed by atoms with van der Waals surface area (Å²) in [4.78, 5) is 24.9. The molecule has 0 amide bonds. The van der Waals surface area contributed by atoms with Crippen LogP contribution in [0, 0.1) is 0 Å². The summed E-state index contributed by atoms with van der Waals surface area (Å²) in [6.45, 7) is 0. The first-order chi connectivity index (χ1) is 11.6. The zero-order valence-corrected chi connectivity index (χ0v) is 13.8. The Morgan fingerprint density at radius 2 is 1.92 bits per heavy atom. The van der Waals surface area contributed by atoms with E-state index in [1.807, 2.05) is 12.1 Å². The van der Waals surface area contributed by atoms with E-state index in [2.05, 4.69) is 0 Å². The van der Waals surface area contributed by atoms with Crippen LogP contribution in [0.2, 0.25) is 0 Å². The first kappa shape index (κ1) is 15.3.